The van der Waals surface area contributed by atoms with E-state index in [2.05, 4.69) is 17.4 Å². The molecule has 1 N–H and O–H groups in total. The van der Waals surface area contributed by atoms with Gasteiger partial charge in [-0.2, -0.15) is 0 Å². The molecule has 1 aliphatic heterocycles. The van der Waals surface area contributed by atoms with Gasteiger partial charge in [0.25, 0.3) is 5.91 Å². The van der Waals surface area contributed by atoms with E-state index in [-0.39, 0.29) is 24.4 Å². The van der Waals surface area contributed by atoms with Crippen LogP contribution in [-0.2, 0) is 16.0 Å². The summed E-state index contributed by atoms with van der Waals surface area (Å²) in [5, 5.41) is 3.00. The van der Waals surface area contributed by atoms with E-state index in [1.165, 1.54) is 28.3 Å². The van der Waals surface area contributed by atoms with Crippen LogP contribution in [0.2, 0.25) is 0 Å². The van der Waals surface area contributed by atoms with Crippen molar-refractivity contribution in [3.8, 4) is 0 Å². The Balaban J connectivity index is 1.48. The molecule has 168 valence electrons. The molecule has 3 aromatic rings. The molecule has 2 amide bonds. The van der Waals surface area contributed by atoms with E-state index in [4.69, 9.17) is 0 Å². The number of carbonyl (C=O) groups excluding carboxylic acids is 2. The molecule has 0 saturated heterocycles. The van der Waals surface area contributed by atoms with Gasteiger partial charge in [-0.3, -0.25) is 14.5 Å². The van der Waals surface area contributed by atoms with Crippen LogP contribution in [0.4, 0.5) is 10.1 Å². The second-order valence-electron chi connectivity index (χ2n) is 7.98. The first-order valence-corrected chi connectivity index (χ1v) is 11.7. The van der Waals surface area contributed by atoms with Gasteiger partial charge in [0.1, 0.15) is 12.4 Å². The van der Waals surface area contributed by atoms with Gasteiger partial charge in [0.15, 0.2) is 0 Å². The standard InChI is InChI=1S/C27H25FN2O2S/c1-19(15-16-20-9-3-2-4-10-20)29-26(31)18-30-23-13-7-8-14-24(23)33-25(27(30)32)17-21-11-5-6-12-22(21)28/h2-14,17,19H,15-16,18H2,1H3,(H,29,31)/b25-17-/t19-/m0/s1. The van der Waals surface area contributed by atoms with Gasteiger partial charge in [-0.25, -0.2) is 4.39 Å². The van der Waals surface area contributed by atoms with Crippen LogP contribution in [0.5, 0.6) is 0 Å². The first-order chi connectivity index (χ1) is 16.0. The summed E-state index contributed by atoms with van der Waals surface area (Å²) >= 11 is 1.29. The summed E-state index contributed by atoms with van der Waals surface area (Å²) < 4.78 is 14.2. The largest absolute Gasteiger partial charge is 0.352 e. The molecule has 0 unspecified atom stereocenters. The minimum absolute atomic E-state index is 0.0318. The molecule has 4 nitrogen and oxygen atoms in total. The normalized spacial score (nSPS) is 15.3. The maximum atomic E-state index is 14.2. The molecule has 6 heteroatoms. The highest BCUT2D eigenvalue weighted by atomic mass is 32.2. The van der Waals surface area contributed by atoms with Gasteiger partial charge in [-0.15, -0.1) is 0 Å². The van der Waals surface area contributed by atoms with Crippen molar-refractivity contribution < 1.29 is 14.0 Å². The van der Waals surface area contributed by atoms with Gasteiger partial charge in [0, 0.05) is 16.5 Å². The van der Waals surface area contributed by atoms with E-state index in [9.17, 15) is 14.0 Å². The zero-order valence-electron chi connectivity index (χ0n) is 18.3. The lowest BCUT2D eigenvalue weighted by Crippen LogP contribution is -2.45. The molecule has 4 rings (SSSR count). The topological polar surface area (TPSA) is 49.4 Å². The molecule has 0 aliphatic carbocycles. The molecule has 1 atom stereocenters. The fourth-order valence-electron chi connectivity index (χ4n) is 3.72. The minimum atomic E-state index is -0.395. The van der Waals surface area contributed by atoms with Crippen molar-refractivity contribution in [1.29, 1.82) is 0 Å². The molecule has 0 bridgehead atoms. The second-order valence-corrected chi connectivity index (χ2v) is 9.07. The van der Waals surface area contributed by atoms with Gasteiger partial charge < -0.3 is 5.32 Å². The van der Waals surface area contributed by atoms with Crippen LogP contribution in [0.25, 0.3) is 6.08 Å². The first kappa shape index (κ1) is 22.8. The number of aryl methyl sites for hydroxylation is 1. The van der Waals surface area contributed by atoms with Gasteiger partial charge in [-0.1, -0.05) is 72.4 Å². The molecule has 0 spiro atoms. The van der Waals surface area contributed by atoms with Crippen LogP contribution < -0.4 is 10.2 Å². The third kappa shape index (κ3) is 5.71. The van der Waals surface area contributed by atoms with Crippen molar-refractivity contribution in [3.63, 3.8) is 0 Å². The number of halogens is 1. The first-order valence-electron chi connectivity index (χ1n) is 10.9. The number of carbonyl (C=O) groups is 2. The Morgan fingerprint density at radius 1 is 1.03 bits per heavy atom. The summed E-state index contributed by atoms with van der Waals surface area (Å²) in [5.41, 5.74) is 2.25. The van der Waals surface area contributed by atoms with Gasteiger partial charge in [0.2, 0.25) is 5.91 Å². The van der Waals surface area contributed by atoms with E-state index in [0.29, 0.717) is 16.2 Å². The molecule has 0 fully saturated rings. The lowest BCUT2D eigenvalue weighted by atomic mass is 10.1. The number of hydrogen-bond donors (Lipinski definition) is 1. The number of amides is 2. The quantitative estimate of drug-likeness (QED) is 0.478. The Kier molecular flexibility index (Phi) is 7.25. The number of hydrogen-bond acceptors (Lipinski definition) is 3. The number of anilines is 1. The maximum absolute atomic E-state index is 14.2. The van der Waals surface area contributed by atoms with Crippen LogP contribution >= 0.6 is 11.8 Å². The van der Waals surface area contributed by atoms with Crippen LogP contribution in [0.1, 0.15) is 24.5 Å². The highest BCUT2D eigenvalue weighted by Gasteiger charge is 2.30. The molecule has 1 heterocycles. The molecular formula is C27H25FN2O2S. The SMILES string of the molecule is C[C@@H](CCc1ccccc1)NC(=O)CN1C(=O)/C(=C/c2ccccc2F)Sc2ccccc21. The molecule has 3 aromatic carbocycles. The molecular weight excluding hydrogens is 435 g/mol. The zero-order chi connectivity index (χ0) is 23.2. The Morgan fingerprint density at radius 3 is 2.52 bits per heavy atom. The van der Waals surface area contributed by atoms with Crippen molar-refractivity contribution in [1.82, 2.24) is 5.32 Å². The van der Waals surface area contributed by atoms with E-state index in [0.717, 1.165) is 17.7 Å². The fraction of sp³-hybridized carbons (Fsp3) is 0.185. The van der Waals surface area contributed by atoms with E-state index < -0.39 is 5.82 Å². The van der Waals surface area contributed by atoms with Crippen molar-refractivity contribution in [2.24, 2.45) is 0 Å². The average Bonchev–Trinajstić information content (AvgIpc) is 2.82. The predicted molar refractivity (Wildman–Crippen MR) is 131 cm³/mol. The van der Waals surface area contributed by atoms with Gasteiger partial charge in [-0.05, 0) is 49.6 Å². The lowest BCUT2D eigenvalue weighted by Gasteiger charge is -2.30. The van der Waals surface area contributed by atoms with Crippen molar-refractivity contribution in [2.75, 3.05) is 11.4 Å². The number of fused-ring (bicyclic) bond motifs is 1. The summed E-state index contributed by atoms with van der Waals surface area (Å²) in [6, 6.07) is 23.9. The van der Waals surface area contributed by atoms with Crippen molar-refractivity contribution >= 4 is 35.3 Å². The molecule has 0 radical (unpaired) electrons. The van der Waals surface area contributed by atoms with E-state index >= 15 is 0 Å². The Hall–Kier alpha value is -3.38. The fourth-order valence-corrected chi connectivity index (χ4v) is 4.77. The Bertz CT molecular complexity index is 1180. The molecule has 0 aromatic heterocycles. The summed E-state index contributed by atoms with van der Waals surface area (Å²) in [7, 11) is 0. The smallest absolute Gasteiger partial charge is 0.265 e. The summed E-state index contributed by atoms with van der Waals surface area (Å²) in [4.78, 5) is 28.8. The Morgan fingerprint density at radius 2 is 1.73 bits per heavy atom. The number of nitrogens with zero attached hydrogens (tertiary/aromatic N) is 1. The zero-order valence-corrected chi connectivity index (χ0v) is 19.1. The number of rotatable bonds is 7. The number of benzene rings is 3. The van der Waals surface area contributed by atoms with Crippen LogP contribution in [-0.4, -0.2) is 24.4 Å². The van der Waals surface area contributed by atoms with Crippen LogP contribution in [0.15, 0.2) is 88.7 Å². The number of para-hydroxylation sites is 1. The summed E-state index contributed by atoms with van der Waals surface area (Å²) in [6.45, 7) is 1.87. The van der Waals surface area contributed by atoms with Crippen molar-refractivity contribution in [2.45, 2.75) is 30.7 Å². The third-order valence-electron chi connectivity index (χ3n) is 5.44. The van der Waals surface area contributed by atoms with Crippen LogP contribution in [0, 0.1) is 5.82 Å². The predicted octanol–water partition coefficient (Wildman–Crippen LogP) is 5.44. The summed E-state index contributed by atoms with van der Waals surface area (Å²) in [6.07, 6.45) is 3.21. The van der Waals surface area contributed by atoms with E-state index in [1.54, 1.807) is 24.3 Å². The maximum Gasteiger partial charge on any atom is 0.265 e. The summed E-state index contributed by atoms with van der Waals surface area (Å²) in [5.74, 6) is -0.932. The second kappa shape index (κ2) is 10.5. The van der Waals surface area contributed by atoms with E-state index in [1.807, 2.05) is 49.4 Å². The highest BCUT2D eigenvalue weighted by molar-refractivity contribution is 8.04. The Labute approximate surface area is 197 Å². The molecule has 1 aliphatic rings. The average molecular weight is 461 g/mol. The third-order valence-corrected chi connectivity index (χ3v) is 6.52. The molecule has 0 saturated carbocycles. The minimum Gasteiger partial charge on any atom is -0.352 e. The monoisotopic (exact) mass is 460 g/mol. The number of thioether (sulfide) groups is 1. The highest BCUT2D eigenvalue weighted by Crippen LogP contribution is 2.42. The van der Waals surface area contributed by atoms with Gasteiger partial charge >= 0.3 is 0 Å². The molecule has 33 heavy (non-hydrogen) atoms. The lowest BCUT2D eigenvalue weighted by molar-refractivity contribution is -0.122. The van der Waals surface area contributed by atoms with Crippen LogP contribution in [0.3, 0.4) is 0 Å². The number of nitrogens with one attached hydrogen (secondary N) is 1. The van der Waals surface area contributed by atoms with Gasteiger partial charge in [0.05, 0.1) is 10.6 Å². The van der Waals surface area contributed by atoms with Crippen molar-refractivity contribution in [3.05, 3.63) is 101 Å².